The Morgan fingerprint density at radius 3 is 2.74 bits per heavy atom. The summed E-state index contributed by atoms with van der Waals surface area (Å²) in [4.78, 5) is 7.20. The predicted molar refractivity (Wildman–Crippen MR) is 120 cm³/mol. The second-order valence-electron chi connectivity index (χ2n) is 7.55. The number of pyridine rings is 1. The first-order chi connectivity index (χ1) is 15.3. The first-order valence-corrected chi connectivity index (χ1v) is 10.5. The molecule has 0 fully saturated rings. The minimum atomic E-state index is 0.477. The van der Waals surface area contributed by atoms with Crippen LogP contribution in [0.2, 0.25) is 0 Å². The van der Waals surface area contributed by atoms with E-state index < -0.39 is 0 Å². The molecule has 3 aromatic rings. The summed E-state index contributed by atoms with van der Waals surface area (Å²) in [7, 11) is 1.68. The van der Waals surface area contributed by atoms with Gasteiger partial charge in [0.15, 0.2) is 0 Å². The number of nitriles is 1. The molecule has 0 atom stereocenters. The SMILES string of the molecule is COCCNc1nc(NCc2ccco2)c(C#N)c2c1CN(Cc1ccccc1)CC2. The van der Waals surface area contributed by atoms with Crippen LogP contribution in [0.15, 0.2) is 53.1 Å². The molecular formula is C24H27N5O2. The lowest BCUT2D eigenvalue weighted by Gasteiger charge is -2.31. The normalized spacial score (nSPS) is 13.4. The van der Waals surface area contributed by atoms with Gasteiger partial charge in [0.25, 0.3) is 0 Å². The van der Waals surface area contributed by atoms with Crippen LogP contribution in [0, 0.1) is 11.3 Å². The number of ether oxygens (including phenoxy) is 1. The smallest absolute Gasteiger partial charge is 0.147 e. The number of benzene rings is 1. The van der Waals surface area contributed by atoms with Gasteiger partial charge in [-0.1, -0.05) is 30.3 Å². The average molecular weight is 418 g/mol. The molecule has 1 aromatic carbocycles. The average Bonchev–Trinajstić information content (AvgIpc) is 3.32. The van der Waals surface area contributed by atoms with Crippen LogP contribution in [-0.2, 0) is 30.8 Å². The fourth-order valence-corrected chi connectivity index (χ4v) is 3.92. The molecule has 7 nitrogen and oxygen atoms in total. The van der Waals surface area contributed by atoms with E-state index in [1.165, 1.54) is 5.56 Å². The molecule has 7 heteroatoms. The summed E-state index contributed by atoms with van der Waals surface area (Å²) < 4.78 is 10.6. The first-order valence-electron chi connectivity index (χ1n) is 10.5. The van der Waals surface area contributed by atoms with E-state index in [9.17, 15) is 5.26 Å². The van der Waals surface area contributed by atoms with Crippen LogP contribution >= 0.6 is 0 Å². The Labute approximate surface area is 182 Å². The van der Waals surface area contributed by atoms with Gasteiger partial charge < -0.3 is 19.8 Å². The van der Waals surface area contributed by atoms with Gasteiger partial charge in [0.2, 0.25) is 0 Å². The summed E-state index contributed by atoms with van der Waals surface area (Å²) in [6, 6.07) is 16.6. The Morgan fingerprint density at radius 1 is 1.13 bits per heavy atom. The summed E-state index contributed by atoms with van der Waals surface area (Å²) in [5.41, 5.74) is 4.07. The van der Waals surface area contributed by atoms with E-state index in [4.69, 9.17) is 14.1 Å². The number of nitrogens with one attached hydrogen (secondary N) is 2. The Hall–Kier alpha value is -3.34. The van der Waals surface area contributed by atoms with E-state index >= 15 is 0 Å². The van der Waals surface area contributed by atoms with Crippen LogP contribution in [0.1, 0.15) is 28.0 Å². The van der Waals surface area contributed by atoms with E-state index in [1.54, 1.807) is 13.4 Å². The molecule has 0 amide bonds. The van der Waals surface area contributed by atoms with Crippen LogP contribution in [-0.4, -0.2) is 36.7 Å². The molecule has 0 saturated heterocycles. The van der Waals surface area contributed by atoms with E-state index in [2.05, 4.69) is 45.9 Å². The fourth-order valence-electron chi connectivity index (χ4n) is 3.92. The number of hydrogen-bond donors (Lipinski definition) is 2. The maximum atomic E-state index is 9.93. The monoisotopic (exact) mass is 417 g/mol. The van der Waals surface area contributed by atoms with Crippen molar-refractivity contribution in [3.05, 3.63) is 76.7 Å². The molecule has 4 rings (SSSR count). The van der Waals surface area contributed by atoms with Gasteiger partial charge in [0, 0.05) is 38.9 Å². The van der Waals surface area contributed by atoms with Crippen molar-refractivity contribution in [3.8, 4) is 6.07 Å². The van der Waals surface area contributed by atoms with Crippen molar-refractivity contribution in [3.63, 3.8) is 0 Å². The third kappa shape index (κ3) is 5.05. The van der Waals surface area contributed by atoms with E-state index in [0.717, 1.165) is 48.8 Å². The fraction of sp³-hybridized carbons (Fsp3) is 0.333. The van der Waals surface area contributed by atoms with Crippen molar-refractivity contribution in [1.29, 1.82) is 5.26 Å². The highest BCUT2D eigenvalue weighted by molar-refractivity contribution is 5.66. The van der Waals surface area contributed by atoms with Crippen molar-refractivity contribution in [1.82, 2.24) is 9.88 Å². The molecular weight excluding hydrogens is 390 g/mol. The Kier molecular flexibility index (Phi) is 6.82. The molecule has 0 saturated carbocycles. The predicted octanol–water partition coefficient (Wildman–Crippen LogP) is 3.77. The lowest BCUT2D eigenvalue weighted by molar-refractivity contribution is 0.210. The van der Waals surface area contributed by atoms with Gasteiger partial charge in [-0.05, 0) is 29.7 Å². The van der Waals surface area contributed by atoms with Gasteiger partial charge in [0.1, 0.15) is 23.5 Å². The lowest BCUT2D eigenvalue weighted by Crippen LogP contribution is -2.32. The topological polar surface area (TPSA) is 86.3 Å². The molecule has 0 aliphatic carbocycles. The quantitative estimate of drug-likeness (QED) is 0.513. The second kappa shape index (κ2) is 10.1. The molecule has 0 radical (unpaired) electrons. The van der Waals surface area contributed by atoms with Crippen molar-refractivity contribution in [2.24, 2.45) is 0 Å². The Bertz CT molecular complexity index is 1030. The standard InChI is InChI=1S/C24H27N5O2/c1-30-13-10-26-24-22-17-29(16-18-6-3-2-4-7-18)11-9-20(22)21(14-25)23(28-24)27-15-19-8-5-12-31-19/h2-8,12H,9-11,13,15-17H2,1H3,(H2,26,27,28). The van der Waals surface area contributed by atoms with Crippen molar-refractivity contribution >= 4 is 11.6 Å². The number of hydrogen-bond acceptors (Lipinski definition) is 7. The van der Waals surface area contributed by atoms with Crippen LogP contribution in [0.25, 0.3) is 0 Å². The number of rotatable bonds is 9. The Morgan fingerprint density at radius 2 is 2.00 bits per heavy atom. The van der Waals surface area contributed by atoms with Crippen molar-refractivity contribution < 1.29 is 9.15 Å². The van der Waals surface area contributed by atoms with E-state index in [-0.39, 0.29) is 0 Å². The number of nitrogens with zero attached hydrogens (tertiary/aromatic N) is 3. The number of anilines is 2. The summed E-state index contributed by atoms with van der Waals surface area (Å²) in [5, 5.41) is 16.6. The zero-order valence-electron chi connectivity index (χ0n) is 17.7. The van der Waals surface area contributed by atoms with Gasteiger partial charge >= 0.3 is 0 Å². The van der Waals surface area contributed by atoms with E-state index in [0.29, 0.717) is 31.1 Å². The van der Waals surface area contributed by atoms with Crippen LogP contribution in [0.4, 0.5) is 11.6 Å². The van der Waals surface area contributed by atoms with Crippen LogP contribution in [0.3, 0.4) is 0 Å². The molecule has 2 aromatic heterocycles. The number of methoxy groups -OCH3 is 1. The molecule has 0 unspecified atom stereocenters. The zero-order chi connectivity index (χ0) is 21.5. The number of aromatic nitrogens is 1. The molecule has 1 aliphatic heterocycles. The minimum Gasteiger partial charge on any atom is -0.467 e. The highest BCUT2D eigenvalue weighted by atomic mass is 16.5. The molecule has 160 valence electrons. The van der Waals surface area contributed by atoms with E-state index in [1.807, 2.05) is 18.2 Å². The number of furan rings is 1. The third-order valence-corrected chi connectivity index (χ3v) is 5.44. The highest BCUT2D eigenvalue weighted by Gasteiger charge is 2.25. The van der Waals surface area contributed by atoms with Crippen LogP contribution < -0.4 is 10.6 Å². The minimum absolute atomic E-state index is 0.477. The lowest BCUT2D eigenvalue weighted by atomic mass is 9.95. The molecule has 1 aliphatic rings. The van der Waals surface area contributed by atoms with Gasteiger partial charge in [-0.15, -0.1) is 0 Å². The second-order valence-corrected chi connectivity index (χ2v) is 7.55. The highest BCUT2D eigenvalue weighted by Crippen LogP contribution is 2.32. The molecule has 0 spiro atoms. The Balaban J connectivity index is 1.61. The van der Waals surface area contributed by atoms with Crippen LogP contribution in [0.5, 0.6) is 0 Å². The maximum absolute atomic E-state index is 9.93. The maximum Gasteiger partial charge on any atom is 0.147 e. The molecule has 31 heavy (non-hydrogen) atoms. The van der Waals surface area contributed by atoms with Gasteiger partial charge in [0.05, 0.1) is 25.0 Å². The number of fused-ring (bicyclic) bond motifs is 1. The third-order valence-electron chi connectivity index (χ3n) is 5.44. The summed E-state index contributed by atoms with van der Waals surface area (Å²) >= 11 is 0. The molecule has 3 heterocycles. The van der Waals surface area contributed by atoms with Crippen molar-refractivity contribution in [2.75, 3.05) is 37.4 Å². The van der Waals surface area contributed by atoms with Gasteiger partial charge in [-0.25, -0.2) is 4.98 Å². The van der Waals surface area contributed by atoms with Crippen molar-refractivity contribution in [2.45, 2.75) is 26.1 Å². The largest absolute Gasteiger partial charge is 0.467 e. The summed E-state index contributed by atoms with van der Waals surface area (Å²) in [6.07, 6.45) is 2.45. The summed E-state index contributed by atoms with van der Waals surface area (Å²) in [5.74, 6) is 2.20. The molecule has 0 bridgehead atoms. The van der Waals surface area contributed by atoms with Gasteiger partial charge in [-0.2, -0.15) is 5.26 Å². The zero-order valence-corrected chi connectivity index (χ0v) is 17.7. The van der Waals surface area contributed by atoms with Gasteiger partial charge in [-0.3, -0.25) is 4.90 Å². The summed E-state index contributed by atoms with van der Waals surface area (Å²) in [6.45, 7) is 4.23. The first kappa shape index (κ1) is 20.9. The molecule has 2 N–H and O–H groups in total.